The lowest BCUT2D eigenvalue weighted by Gasteiger charge is -2.08. The van der Waals surface area contributed by atoms with Crippen molar-refractivity contribution in [3.05, 3.63) is 47.9 Å². The van der Waals surface area contributed by atoms with Crippen molar-refractivity contribution in [2.45, 2.75) is 13.5 Å². The fourth-order valence-electron chi connectivity index (χ4n) is 1.53. The summed E-state index contributed by atoms with van der Waals surface area (Å²) in [6.07, 6.45) is 1.75. The van der Waals surface area contributed by atoms with Crippen LogP contribution in [0.2, 0.25) is 0 Å². The molecule has 0 unspecified atom stereocenters. The minimum absolute atomic E-state index is 0.0322. The first-order valence-electron chi connectivity index (χ1n) is 4.52. The van der Waals surface area contributed by atoms with E-state index in [2.05, 4.69) is 4.98 Å². The lowest BCUT2D eigenvalue weighted by atomic mass is 10.4. The number of aliphatic hydroxyl groups is 1. The molecule has 0 amide bonds. The van der Waals surface area contributed by atoms with Gasteiger partial charge in [0, 0.05) is 17.6 Å². The second-order valence-corrected chi connectivity index (χ2v) is 3.15. The summed E-state index contributed by atoms with van der Waals surface area (Å²) in [5.74, 6) is 0.846. The van der Waals surface area contributed by atoms with Gasteiger partial charge in [-0.3, -0.25) is 0 Å². The van der Waals surface area contributed by atoms with Gasteiger partial charge in [0.05, 0.1) is 6.61 Å². The van der Waals surface area contributed by atoms with Crippen molar-refractivity contribution in [2.75, 3.05) is 0 Å². The van der Waals surface area contributed by atoms with E-state index in [4.69, 9.17) is 5.11 Å². The molecule has 1 N–H and O–H groups in total. The Bertz CT molecular complexity index is 420. The number of hydrogen-bond acceptors (Lipinski definition) is 2. The zero-order valence-electron chi connectivity index (χ0n) is 8.01. The van der Waals surface area contributed by atoms with Crippen molar-refractivity contribution in [1.82, 2.24) is 9.55 Å². The van der Waals surface area contributed by atoms with Crippen LogP contribution in [-0.4, -0.2) is 14.7 Å². The first-order valence-corrected chi connectivity index (χ1v) is 4.52. The summed E-state index contributed by atoms with van der Waals surface area (Å²) in [6.45, 7) is 2.03. The topological polar surface area (TPSA) is 38.0 Å². The summed E-state index contributed by atoms with van der Waals surface area (Å²) < 4.78 is 1.94. The predicted octanol–water partition coefficient (Wildman–Crippen LogP) is 1.67. The third kappa shape index (κ3) is 1.42. The average Bonchev–Trinajstić information content (AvgIpc) is 2.61. The SMILES string of the molecule is Cc1ccc(CO)n1-c1ccccn1. The maximum Gasteiger partial charge on any atom is 0.137 e. The van der Waals surface area contributed by atoms with Gasteiger partial charge in [0.15, 0.2) is 0 Å². The van der Waals surface area contributed by atoms with Gasteiger partial charge in [0.25, 0.3) is 0 Å². The lowest BCUT2D eigenvalue weighted by Crippen LogP contribution is -2.03. The summed E-state index contributed by atoms with van der Waals surface area (Å²) in [4.78, 5) is 4.24. The van der Waals surface area contributed by atoms with E-state index in [-0.39, 0.29) is 6.61 Å². The second kappa shape index (κ2) is 3.64. The number of hydrogen-bond donors (Lipinski definition) is 1. The van der Waals surface area contributed by atoms with Crippen LogP contribution in [0.4, 0.5) is 0 Å². The Balaban J connectivity index is 2.55. The highest BCUT2D eigenvalue weighted by molar-refractivity contribution is 5.31. The van der Waals surface area contributed by atoms with Gasteiger partial charge in [-0.1, -0.05) is 6.07 Å². The van der Waals surface area contributed by atoms with E-state index in [1.807, 2.05) is 41.8 Å². The van der Waals surface area contributed by atoms with E-state index < -0.39 is 0 Å². The Morgan fingerprint density at radius 2 is 2.14 bits per heavy atom. The Hall–Kier alpha value is -1.61. The number of nitrogens with zero attached hydrogens (tertiary/aromatic N) is 2. The van der Waals surface area contributed by atoms with E-state index in [1.165, 1.54) is 0 Å². The molecule has 3 nitrogen and oxygen atoms in total. The van der Waals surface area contributed by atoms with Crippen LogP contribution in [0.25, 0.3) is 5.82 Å². The number of aryl methyl sites for hydroxylation is 1. The molecule has 0 fully saturated rings. The number of aliphatic hydroxyl groups excluding tert-OH is 1. The Kier molecular flexibility index (Phi) is 2.33. The van der Waals surface area contributed by atoms with Crippen molar-refractivity contribution in [1.29, 1.82) is 0 Å². The third-order valence-electron chi connectivity index (χ3n) is 2.20. The molecule has 3 heteroatoms. The van der Waals surface area contributed by atoms with Crippen LogP contribution in [0.15, 0.2) is 36.5 Å². The molecule has 0 saturated carbocycles. The number of rotatable bonds is 2. The zero-order valence-corrected chi connectivity index (χ0v) is 8.01. The van der Waals surface area contributed by atoms with Crippen LogP contribution in [0.1, 0.15) is 11.4 Å². The molecule has 14 heavy (non-hydrogen) atoms. The van der Waals surface area contributed by atoms with Gasteiger partial charge >= 0.3 is 0 Å². The van der Waals surface area contributed by atoms with Gasteiger partial charge in [-0.05, 0) is 31.2 Å². The minimum Gasteiger partial charge on any atom is -0.390 e. The highest BCUT2D eigenvalue weighted by Crippen LogP contribution is 2.14. The molecule has 0 spiro atoms. The van der Waals surface area contributed by atoms with Gasteiger partial charge in [-0.15, -0.1) is 0 Å². The average molecular weight is 188 g/mol. The molecule has 0 atom stereocenters. The highest BCUT2D eigenvalue weighted by Gasteiger charge is 2.05. The molecule has 72 valence electrons. The molecule has 2 rings (SSSR count). The smallest absolute Gasteiger partial charge is 0.137 e. The fraction of sp³-hybridized carbons (Fsp3) is 0.182. The maximum absolute atomic E-state index is 9.14. The molecule has 0 radical (unpaired) electrons. The van der Waals surface area contributed by atoms with Crippen molar-refractivity contribution >= 4 is 0 Å². The number of aromatic nitrogens is 2. The fourth-order valence-corrected chi connectivity index (χ4v) is 1.53. The van der Waals surface area contributed by atoms with Crippen LogP contribution in [0.3, 0.4) is 0 Å². The molecule has 2 aromatic heterocycles. The van der Waals surface area contributed by atoms with Crippen LogP contribution >= 0.6 is 0 Å². The first kappa shape index (κ1) is 8.97. The van der Waals surface area contributed by atoms with E-state index >= 15 is 0 Å². The molecular formula is C11H12N2O. The summed E-state index contributed by atoms with van der Waals surface area (Å²) in [7, 11) is 0. The summed E-state index contributed by atoms with van der Waals surface area (Å²) in [5, 5.41) is 9.14. The molecule has 0 aliphatic rings. The van der Waals surface area contributed by atoms with Crippen molar-refractivity contribution in [3.8, 4) is 5.82 Å². The Morgan fingerprint density at radius 1 is 1.29 bits per heavy atom. The van der Waals surface area contributed by atoms with E-state index in [0.29, 0.717) is 0 Å². The van der Waals surface area contributed by atoms with E-state index in [1.54, 1.807) is 6.20 Å². The molecule has 0 saturated heterocycles. The summed E-state index contributed by atoms with van der Waals surface area (Å²) >= 11 is 0. The Morgan fingerprint density at radius 3 is 2.79 bits per heavy atom. The third-order valence-corrected chi connectivity index (χ3v) is 2.20. The molecule has 2 aromatic rings. The van der Waals surface area contributed by atoms with Crippen molar-refractivity contribution in [3.63, 3.8) is 0 Å². The lowest BCUT2D eigenvalue weighted by molar-refractivity contribution is 0.274. The minimum atomic E-state index is 0.0322. The first-order chi connectivity index (χ1) is 6.83. The standard InChI is InChI=1S/C11H12N2O/c1-9-5-6-10(8-14)13(9)11-4-2-3-7-12-11/h2-7,14H,8H2,1H3. The van der Waals surface area contributed by atoms with E-state index in [9.17, 15) is 0 Å². The van der Waals surface area contributed by atoms with Crippen molar-refractivity contribution in [2.24, 2.45) is 0 Å². The van der Waals surface area contributed by atoms with Crippen LogP contribution in [0, 0.1) is 6.92 Å². The van der Waals surface area contributed by atoms with Gasteiger partial charge < -0.3 is 9.67 Å². The molecule has 0 aromatic carbocycles. The normalized spacial score (nSPS) is 10.4. The summed E-state index contributed by atoms with van der Waals surface area (Å²) in [6, 6.07) is 9.61. The molecule has 0 aliphatic carbocycles. The number of pyridine rings is 1. The summed E-state index contributed by atoms with van der Waals surface area (Å²) in [5.41, 5.74) is 1.94. The quantitative estimate of drug-likeness (QED) is 0.778. The monoisotopic (exact) mass is 188 g/mol. The van der Waals surface area contributed by atoms with Gasteiger partial charge in [0.2, 0.25) is 0 Å². The van der Waals surface area contributed by atoms with Gasteiger partial charge in [0.1, 0.15) is 5.82 Å². The van der Waals surface area contributed by atoms with Gasteiger partial charge in [-0.2, -0.15) is 0 Å². The van der Waals surface area contributed by atoms with Gasteiger partial charge in [-0.25, -0.2) is 4.98 Å². The van der Waals surface area contributed by atoms with E-state index in [0.717, 1.165) is 17.2 Å². The Labute approximate surface area is 82.7 Å². The molecular weight excluding hydrogens is 176 g/mol. The van der Waals surface area contributed by atoms with Crippen LogP contribution in [0.5, 0.6) is 0 Å². The second-order valence-electron chi connectivity index (χ2n) is 3.15. The van der Waals surface area contributed by atoms with Crippen LogP contribution in [-0.2, 0) is 6.61 Å². The molecule has 0 aliphatic heterocycles. The largest absolute Gasteiger partial charge is 0.390 e. The molecule has 0 bridgehead atoms. The predicted molar refractivity (Wildman–Crippen MR) is 54.2 cm³/mol. The molecule has 2 heterocycles. The zero-order chi connectivity index (χ0) is 9.97. The maximum atomic E-state index is 9.14. The van der Waals surface area contributed by atoms with Crippen molar-refractivity contribution < 1.29 is 5.11 Å². The highest BCUT2D eigenvalue weighted by atomic mass is 16.3. The van der Waals surface area contributed by atoms with Crippen LogP contribution < -0.4 is 0 Å².